The Bertz CT molecular complexity index is 589. The van der Waals surface area contributed by atoms with Crippen molar-refractivity contribution in [3.63, 3.8) is 0 Å². The zero-order valence-corrected chi connectivity index (χ0v) is 12.6. The number of nitrogen functional groups attached to an aromatic ring is 1. The van der Waals surface area contributed by atoms with Crippen LogP contribution in [0.1, 0.15) is 31.2 Å². The summed E-state index contributed by atoms with van der Waals surface area (Å²) in [6.07, 6.45) is 1.89. The van der Waals surface area contributed by atoms with E-state index >= 15 is 0 Å². The van der Waals surface area contributed by atoms with E-state index in [1.165, 1.54) is 17.3 Å². The third kappa shape index (κ3) is 3.84. The van der Waals surface area contributed by atoms with Gasteiger partial charge in [-0.25, -0.2) is 4.98 Å². The molecular weight excluding hydrogens is 272 g/mol. The number of anilines is 1. The topological polar surface area (TPSA) is 73.9 Å². The third-order valence-electron chi connectivity index (χ3n) is 2.75. The van der Waals surface area contributed by atoms with Gasteiger partial charge in [0.25, 0.3) is 0 Å². The van der Waals surface area contributed by atoms with Crippen LogP contribution in [-0.4, -0.2) is 21.2 Å². The fourth-order valence-electron chi connectivity index (χ4n) is 1.68. The first kappa shape index (κ1) is 14.6. The van der Waals surface area contributed by atoms with Crippen LogP contribution in [0.2, 0.25) is 0 Å². The molecule has 0 radical (unpaired) electrons. The molecule has 20 heavy (non-hydrogen) atoms. The summed E-state index contributed by atoms with van der Waals surface area (Å²) in [6, 6.07) is 8.03. The summed E-state index contributed by atoms with van der Waals surface area (Å²) in [5.74, 6) is 2.03. The van der Waals surface area contributed by atoms with Crippen LogP contribution in [0.25, 0.3) is 0 Å². The highest BCUT2D eigenvalue weighted by Gasteiger charge is 2.06. The summed E-state index contributed by atoms with van der Waals surface area (Å²) in [4.78, 5) is 12.3. The number of hydrogen-bond acceptors (Lipinski definition) is 6. The Labute approximate surface area is 123 Å². The van der Waals surface area contributed by atoms with E-state index in [1.54, 1.807) is 0 Å². The molecule has 0 fully saturated rings. The molecule has 2 N–H and O–H groups in total. The van der Waals surface area contributed by atoms with Crippen molar-refractivity contribution in [1.82, 2.24) is 15.0 Å². The monoisotopic (exact) mass is 290 g/mol. The molecule has 0 aliphatic heterocycles. The van der Waals surface area contributed by atoms with Gasteiger partial charge in [0.05, 0.1) is 0 Å². The Balaban J connectivity index is 2.08. The molecule has 106 valence electrons. The molecule has 0 aliphatic rings. The average Bonchev–Trinajstić information content (AvgIpc) is 2.44. The largest absolute Gasteiger partial charge is 0.486 e. The predicted molar refractivity (Wildman–Crippen MR) is 80.9 cm³/mol. The van der Waals surface area contributed by atoms with E-state index in [0.717, 1.165) is 5.75 Å². The van der Waals surface area contributed by atoms with Crippen LogP contribution < -0.4 is 10.5 Å². The standard InChI is InChI=1S/C14H18N4OS/c1-9(2)10-5-4-6-11(7-10)19-8-12-16-13(15)18-14(17-12)20-3/h4-7,9H,8H2,1-3H3,(H2,15,16,17,18). The predicted octanol–water partition coefficient (Wildman–Crippen LogP) is 2.88. The number of thioether (sulfide) groups is 1. The Kier molecular flexibility index (Phi) is 4.79. The second-order valence-corrected chi connectivity index (χ2v) is 5.39. The van der Waals surface area contributed by atoms with Gasteiger partial charge >= 0.3 is 0 Å². The maximum Gasteiger partial charge on any atom is 0.224 e. The highest BCUT2D eigenvalue weighted by molar-refractivity contribution is 7.98. The van der Waals surface area contributed by atoms with E-state index in [0.29, 0.717) is 16.9 Å². The number of aromatic nitrogens is 3. The lowest BCUT2D eigenvalue weighted by molar-refractivity contribution is 0.294. The summed E-state index contributed by atoms with van der Waals surface area (Å²) in [5.41, 5.74) is 6.88. The minimum absolute atomic E-state index is 0.221. The van der Waals surface area contributed by atoms with Gasteiger partial charge in [0.2, 0.25) is 5.95 Å². The second kappa shape index (κ2) is 6.56. The molecule has 5 nitrogen and oxygen atoms in total. The Hall–Kier alpha value is -1.82. The third-order valence-corrected chi connectivity index (χ3v) is 3.30. The normalized spacial score (nSPS) is 10.8. The SMILES string of the molecule is CSc1nc(N)nc(COc2cccc(C(C)C)c2)n1. The zero-order valence-electron chi connectivity index (χ0n) is 11.8. The first-order valence-electron chi connectivity index (χ1n) is 6.35. The van der Waals surface area contributed by atoms with E-state index in [9.17, 15) is 0 Å². The molecule has 6 heteroatoms. The fraction of sp³-hybridized carbons (Fsp3) is 0.357. The number of nitrogens with two attached hydrogens (primary N) is 1. The lowest BCUT2D eigenvalue weighted by Crippen LogP contribution is -2.07. The number of ether oxygens (including phenoxy) is 1. The average molecular weight is 290 g/mol. The molecule has 2 aromatic rings. The van der Waals surface area contributed by atoms with E-state index in [-0.39, 0.29) is 12.6 Å². The lowest BCUT2D eigenvalue weighted by atomic mass is 10.0. The van der Waals surface area contributed by atoms with Gasteiger partial charge < -0.3 is 10.5 Å². The quantitative estimate of drug-likeness (QED) is 0.853. The fourth-order valence-corrected chi connectivity index (χ4v) is 2.06. The Morgan fingerprint density at radius 1 is 1.25 bits per heavy atom. The van der Waals surface area contributed by atoms with E-state index in [4.69, 9.17) is 10.5 Å². The second-order valence-electron chi connectivity index (χ2n) is 4.61. The van der Waals surface area contributed by atoms with Crippen molar-refractivity contribution >= 4 is 17.7 Å². The van der Waals surface area contributed by atoms with Crippen LogP contribution >= 0.6 is 11.8 Å². The molecule has 0 amide bonds. The molecule has 2 rings (SSSR count). The first-order valence-corrected chi connectivity index (χ1v) is 7.58. The highest BCUT2D eigenvalue weighted by atomic mass is 32.2. The number of nitrogens with zero attached hydrogens (tertiary/aromatic N) is 3. The Morgan fingerprint density at radius 3 is 2.75 bits per heavy atom. The first-order chi connectivity index (χ1) is 9.58. The van der Waals surface area contributed by atoms with Crippen molar-refractivity contribution in [2.24, 2.45) is 0 Å². The van der Waals surface area contributed by atoms with E-state index in [1.807, 2.05) is 24.5 Å². The smallest absolute Gasteiger partial charge is 0.224 e. The van der Waals surface area contributed by atoms with Crippen LogP contribution in [0.4, 0.5) is 5.95 Å². The molecule has 0 atom stereocenters. The molecule has 0 saturated carbocycles. The summed E-state index contributed by atoms with van der Waals surface area (Å²) < 4.78 is 5.72. The molecule has 0 bridgehead atoms. The van der Waals surface area contributed by atoms with Gasteiger partial charge in [-0.05, 0) is 29.9 Å². The maximum atomic E-state index is 5.72. The molecular formula is C14H18N4OS. The zero-order chi connectivity index (χ0) is 14.5. The molecule has 1 aromatic carbocycles. The van der Waals surface area contributed by atoms with Crippen molar-refractivity contribution in [1.29, 1.82) is 0 Å². The van der Waals surface area contributed by atoms with Gasteiger partial charge in [-0.3, -0.25) is 0 Å². The minimum atomic E-state index is 0.221. The van der Waals surface area contributed by atoms with Crippen molar-refractivity contribution in [2.75, 3.05) is 12.0 Å². The van der Waals surface area contributed by atoms with Gasteiger partial charge in [0.15, 0.2) is 11.0 Å². The van der Waals surface area contributed by atoms with Crippen molar-refractivity contribution in [3.05, 3.63) is 35.7 Å². The molecule has 0 unspecified atom stereocenters. The molecule has 0 saturated heterocycles. The summed E-state index contributed by atoms with van der Waals surface area (Å²) in [7, 11) is 0. The molecule has 1 aromatic heterocycles. The summed E-state index contributed by atoms with van der Waals surface area (Å²) in [6.45, 7) is 4.58. The van der Waals surface area contributed by atoms with Crippen LogP contribution in [-0.2, 0) is 6.61 Å². The van der Waals surface area contributed by atoms with Crippen LogP contribution in [0, 0.1) is 0 Å². The van der Waals surface area contributed by atoms with Crippen molar-refractivity contribution in [3.8, 4) is 5.75 Å². The van der Waals surface area contributed by atoms with Gasteiger partial charge in [0, 0.05) is 0 Å². The van der Waals surface area contributed by atoms with Gasteiger partial charge in [-0.15, -0.1) is 0 Å². The van der Waals surface area contributed by atoms with Crippen molar-refractivity contribution < 1.29 is 4.74 Å². The van der Waals surface area contributed by atoms with Gasteiger partial charge in [-0.2, -0.15) is 9.97 Å². The van der Waals surface area contributed by atoms with Crippen molar-refractivity contribution in [2.45, 2.75) is 31.5 Å². The lowest BCUT2D eigenvalue weighted by Gasteiger charge is -2.09. The summed E-state index contributed by atoms with van der Waals surface area (Å²) in [5, 5.41) is 0.604. The number of rotatable bonds is 5. The number of hydrogen-bond donors (Lipinski definition) is 1. The van der Waals surface area contributed by atoms with Gasteiger partial charge in [-0.1, -0.05) is 37.7 Å². The highest BCUT2D eigenvalue weighted by Crippen LogP contribution is 2.20. The Morgan fingerprint density at radius 2 is 2.05 bits per heavy atom. The maximum absolute atomic E-state index is 5.72. The summed E-state index contributed by atoms with van der Waals surface area (Å²) >= 11 is 1.43. The van der Waals surface area contributed by atoms with Crippen LogP contribution in [0.15, 0.2) is 29.4 Å². The minimum Gasteiger partial charge on any atom is -0.486 e. The number of benzene rings is 1. The van der Waals surface area contributed by atoms with Crippen LogP contribution in [0.5, 0.6) is 5.75 Å². The molecule has 1 heterocycles. The van der Waals surface area contributed by atoms with Gasteiger partial charge in [0.1, 0.15) is 12.4 Å². The van der Waals surface area contributed by atoms with Crippen LogP contribution in [0.3, 0.4) is 0 Å². The molecule has 0 aliphatic carbocycles. The van der Waals surface area contributed by atoms with E-state index in [2.05, 4.69) is 34.9 Å². The van der Waals surface area contributed by atoms with E-state index < -0.39 is 0 Å². The molecule has 0 spiro atoms.